The first-order valence-corrected chi connectivity index (χ1v) is 11.0. The van der Waals surface area contributed by atoms with Crippen molar-refractivity contribution in [3.8, 4) is 5.75 Å². The summed E-state index contributed by atoms with van der Waals surface area (Å²) in [5.74, 6) is 0.620. The van der Waals surface area contributed by atoms with Crippen LogP contribution >= 0.6 is 0 Å². The van der Waals surface area contributed by atoms with E-state index in [-0.39, 0.29) is 4.90 Å². The van der Waals surface area contributed by atoms with Crippen molar-refractivity contribution in [2.45, 2.75) is 18.7 Å². The number of hydrogen-bond acceptors (Lipinski definition) is 5. The Bertz CT molecular complexity index is 1010. The minimum atomic E-state index is -3.79. The van der Waals surface area contributed by atoms with Gasteiger partial charge in [0.15, 0.2) is 0 Å². The van der Waals surface area contributed by atoms with Gasteiger partial charge in [0.1, 0.15) is 5.75 Å². The van der Waals surface area contributed by atoms with E-state index < -0.39 is 20.0 Å². The number of anilines is 2. The number of sulfonamides is 2. The van der Waals surface area contributed by atoms with E-state index in [1.165, 1.54) is 38.4 Å². The minimum absolute atomic E-state index is 0.160. The molecule has 0 saturated heterocycles. The Morgan fingerprint density at radius 2 is 1.54 bits per heavy atom. The molecule has 0 radical (unpaired) electrons. The van der Waals surface area contributed by atoms with Crippen molar-refractivity contribution < 1.29 is 21.6 Å². The molecule has 0 bridgehead atoms. The SMILES string of the molecule is COc1cc(C)c(S(=O)(=O)Nc2ccc(N(C)S(C)(=O)=O)cc2)cc1C. The lowest BCUT2D eigenvalue weighted by molar-refractivity contribution is 0.411. The van der Waals surface area contributed by atoms with E-state index in [1.54, 1.807) is 26.0 Å². The number of nitrogens with one attached hydrogen (secondary N) is 1. The molecule has 0 aliphatic heterocycles. The maximum atomic E-state index is 12.7. The first-order valence-electron chi connectivity index (χ1n) is 7.67. The van der Waals surface area contributed by atoms with E-state index in [0.29, 0.717) is 28.3 Å². The Morgan fingerprint density at radius 1 is 0.962 bits per heavy atom. The number of benzene rings is 2. The molecule has 0 saturated carbocycles. The Labute approximate surface area is 154 Å². The standard InChI is InChI=1S/C17H22N2O5S2/c1-12-11-17(13(2)10-16(12)24-4)26(22,23)18-14-6-8-15(9-7-14)19(3)25(5,20)21/h6-11,18H,1-5H3. The minimum Gasteiger partial charge on any atom is -0.496 e. The topological polar surface area (TPSA) is 92.8 Å². The second kappa shape index (κ2) is 7.16. The Balaban J connectivity index is 2.32. The van der Waals surface area contributed by atoms with Crippen molar-refractivity contribution in [3.63, 3.8) is 0 Å². The summed E-state index contributed by atoms with van der Waals surface area (Å²) in [7, 11) is -4.21. The number of nitrogens with zero attached hydrogens (tertiary/aromatic N) is 1. The van der Waals surface area contributed by atoms with Gasteiger partial charge in [0.25, 0.3) is 10.0 Å². The number of methoxy groups -OCH3 is 1. The van der Waals surface area contributed by atoms with Crippen LogP contribution in [0.1, 0.15) is 11.1 Å². The highest BCUT2D eigenvalue weighted by Crippen LogP contribution is 2.27. The van der Waals surface area contributed by atoms with Crippen molar-refractivity contribution in [2.75, 3.05) is 29.4 Å². The number of rotatable bonds is 6. The Kier molecular flexibility index (Phi) is 5.52. The molecule has 0 heterocycles. The maximum absolute atomic E-state index is 12.7. The summed E-state index contributed by atoms with van der Waals surface area (Å²) in [6, 6.07) is 9.33. The molecule has 0 aliphatic carbocycles. The molecular weight excluding hydrogens is 376 g/mol. The van der Waals surface area contributed by atoms with Gasteiger partial charge in [-0.15, -0.1) is 0 Å². The first kappa shape index (κ1) is 20.1. The lowest BCUT2D eigenvalue weighted by Gasteiger charge is -2.17. The molecule has 26 heavy (non-hydrogen) atoms. The number of aryl methyl sites for hydroxylation is 2. The van der Waals surface area contributed by atoms with Gasteiger partial charge in [-0.05, 0) is 61.4 Å². The van der Waals surface area contributed by atoms with Crippen LogP contribution in [0, 0.1) is 13.8 Å². The molecule has 1 N–H and O–H groups in total. The zero-order chi connectivity index (χ0) is 19.7. The molecular formula is C17H22N2O5S2. The van der Waals surface area contributed by atoms with Crippen LogP contribution in [0.2, 0.25) is 0 Å². The fourth-order valence-electron chi connectivity index (χ4n) is 2.41. The molecule has 0 aliphatic rings. The van der Waals surface area contributed by atoms with Gasteiger partial charge in [0.05, 0.1) is 23.9 Å². The predicted octanol–water partition coefficient (Wildman–Crippen LogP) is 2.51. The van der Waals surface area contributed by atoms with E-state index in [9.17, 15) is 16.8 Å². The number of ether oxygens (including phenoxy) is 1. The van der Waals surface area contributed by atoms with E-state index in [1.807, 2.05) is 0 Å². The number of hydrogen-bond donors (Lipinski definition) is 1. The summed E-state index contributed by atoms with van der Waals surface area (Å²) in [6.07, 6.45) is 1.10. The van der Waals surface area contributed by atoms with Gasteiger partial charge in [-0.2, -0.15) is 0 Å². The third kappa shape index (κ3) is 4.28. The zero-order valence-electron chi connectivity index (χ0n) is 15.3. The van der Waals surface area contributed by atoms with Crippen LogP contribution in [0.25, 0.3) is 0 Å². The second-order valence-electron chi connectivity index (χ2n) is 5.97. The third-order valence-electron chi connectivity index (χ3n) is 3.96. The fourth-order valence-corrected chi connectivity index (χ4v) is 4.29. The van der Waals surface area contributed by atoms with Crippen molar-refractivity contribution in [3.05, 3.63) is 47.5 Å². The maximum Gasteiger partial charge on any atom is 0.262 e. The van der Waals surface area contributed by atoms with Crippen molar-refractivity contribution in [1.82, 2.24) is 0 Å². The van der Waals surface area contributed by atoms with Crippen molar-refractivity contribution in [1.29, 1.82) is 0 Å². The predicted molar refractivity (Wildman–Crippen MR) is 103 cm³/mol. The van der Waals surface area contributed by atoms with Gasteiger partial charge in [0, 0.05) is 12.7 Å². The highest BCUT2D eigenvalue weighted by atomic mass is 32.2. The molecule has 2 aromatic carbocycles. The summed E-state index contributed by atoms with van der Waals surface area (Å²) >= 11 is 0. The second-order valence-corrected chi connectivity index (χ2v) is 9.63. The van der Waals surface area contributed by atoms with Crippen molar-refractivity contribution >= 4 is 31.4 Å². The van der Waals surface area contributed by atoms with E-state index >= 15 is 0 Å². The molecule has 9 heteroatoms. The summed E-state index contributed by atoms with van der Waals surface area (Å²) in [6.45, 7) is 3.47. The summed E-state index contributed by atoms with van der Waals surface area (Å²) in [5.41, 5.74) is 2.05. The zero-order valence-corrected chi connectivity index (χ0v) is 16.9. The monoisotopic (exact) mass is 398 g/mol. The molecule has 0 amide bonds. The normalized spacial score (nSPS) is 11.9. The first-order chi connectivity index (χ1) is 12.0. The smallest absolute Gasteiger partial charge is 0.262 e. The molecule has 0 spiro atoms. The van der Waals surface area contributed by atoms with Crippen LogP contribution in [0.15, 0.2) is 41.3 Å². The van der Waals surface area contributed by atoms with Crippen LogP contribution in [0.3, 0.4) is 0 Å². The molecule has 0 aromatic heterocycles. The van der Waals surface area contributed by atoms with E-state index in [4.69, 9.17) is 4.74 Å². The molecule has 2 rings (SSSR count). The summed E-state index contributed by atoms with van der Waals surface area (Å²) < 4.78 is 57.3. The van der Waals surface area contributed by atoms with Crippen LogP contribution < -0.4 is 13.8 Å². The van der Waals surface area contributed by atoms with E-state index in [2.05, 4.69) is 4.72 Å². The average Bonchev–Trinajstić information content (AvgIpc) is 2.55. The average molecular weight is 399 g/mol. The lowest BCUT2D eigenvalue weighted by atomic mass is 10.1. The van der Waals surface area contributed by atoms with Crippen LogP contribution in [-0.4, -0.2) is 37.2 Å². The highest BCUT2D eigenvalue weighted by Gasteiger charge is 2.19. The highest BCUT2D eigenvalue weighted by molar-refractivity contribution is 7.92. The Hall–Kier alpha value is -2.26. The molecule has 142 valence electrons. The van der Waals surface area contributed by atoms with Gasteiger partial charge >= 0.3 is 0 Å². The molecule has 0 atom stereocenters. The summed E-state index contributed by atoms with van der Waals surface area (Å²) in [4.78, 5) is 0.160. The molecule has 2 aromatic rings. The Morgan fingerprint density at radius 3 is 2.04 bits per heavy atom. The molecule has 7 nitrogen and oxygen atoms in total. The van der Waals surface area contributed by atoms with Gasteiger partial charge < -0.3 is 4.74 Å². The van der Waals surface area contributed by atoms with E-state index in [0.717, 1.165) is 10.6 Å². The lowest BCUT2D eigenvalue weighted by Crippen LogP contribution is -2.24. The van der Waals surface area contributed by atoms with Crippen LogP contribution in [-0.2, 0) is 20.0 Å². The largest absolute Gasteiger partial charge is 0.496 e. The van der Waals surface area contributed by atoms with Crippen LogP contribution in [0.4, 0.5) is 11.4 Å². The van der Waals surface area contributed by atoms with Gasteiger partial charge in [-0.1, -0.05) is 0 Å². The molecule has 0 fully saturated rings. The van der Waals surface area contributed by atoms with Gasteiger partial charge in [-0.3, -0.25) is 9.03 Å². The molecule has 0 unspecified atom stereocenters. The summed E-state index contributed by atoms with van der Waals surface area (Å²) in [5, 5.41) is 0. The fraction of sp³-hybridized carbons (Fsp3) is 0.294. The van der Waals surface area contributed by atoms with Crippen molar-refractivity contribution in [2.24, 2.45) is 0 Å². The van der Waals surface area contributed by atoms with Gasteiger partial charge in [0.2, 0.25) is 10.0 Å². The van der Waals surface area contributed by atoms with Crippen LogP contribution in [0.5, 0.6) is 5.75 Å². The van der Waals surface area contributed by atoms with Gasteiger partial charge in [-0.25, -0.2) is 16.8 Å². The quantitative estimate of drug-likeness (QED) is 0.807. The third-order valence-corrected chi connectivity index (χ3v) is 6.69.